The van der Waals surface area contributed by atoms with Gasteiger partial charge in [0.2, 0.25) is 0 Å². The standard InChI is InChI=1S/C23H25NO4/c1-26-22(27-2)19-10-11-20-23-14-17(24(19)20)12-16(18(23)13-21(25)28-23)9-8-15-6-4-3-5-7-15/h3-7,12,17-20,22H,10-11,13-14H2,1-2H3. The Morgan fingerprint density at radius 3 is 2.71 bits per heavy atom. The predicted octanol–water partition coefficient (Wildman–Crippen LogP) is 2.50. The van der Waals surface area contributed by atoms with Crippen LogP contribution in [0, 0.1) is 17.8 Å². The highest BCUT2D eigenvalue weighted by atomic mass is 16.7. The molecular formula is C23H25NO4. The van der Waals surface area contributed by atoms with Gasteiger partial charge in [-0.05, 0) is 25.0 Å². The summed E-state index contributed by atoms with van der Waals surface area (Å²) in [5.41, 5.74) is 1.58. The average molecular weight is 379 g/mol. The van der Waals surface area contributed by atoms with E-state index >= 15 is 0 Å². The van der Waals surface area contributed by atoms with Crippen molar-refractivity contribution in [1.82, 2.24) is 4.90 Å². The predicted molar refractivity (Wildman–Crippen MR) is 103 cm³/mol. The summed E-state index contributed by atoms with van der Waals surface area (Å²) in [6.07, 6.45) is 5.24. The number of hydrogen-bond acceptors (Lipinski definition) is 5. The molecule has 5 heteroatoms. The Balaban J connectivity index is 1.53. The molecule has 0 N–H and O–H groups in total. The van der Waals surface area contributed by atoms with Crippen molar-refractivity contribution < 1.29 is 19.0 Å². The summed E-state index contributed by atoms with van der Waals surface area (Å²) in [6.45, 7) is 0. The lowest BCUT2D eigenvalue weighted by Crippen LogP contribution is -2.49. The molecule has 1 aromatic rings. The van der Waals surface area contributed by atoms with Crippen molar-refractivity contribution in [2.24, 2.45) is 5.92 Å². The summed E-state index contributed by atoms with van der Waals surface area (Å²) in [5.74, 6) is 6.60. The lowest BCUT2D eigenvalue weighted by Gasteiger charge is -2.35. The van der Waals surface area contributed by atoms with Crippen LogP contribution >= 0.6 is 0 Å². The zero-order chi connectivity index (χ0) is 19.3. The van der Waals surface area contributed by atoms with E-state index in [0.717, 1.165) is 30.4 Å². The van der Waals surface area contributed by atoms with E-state index in [1.54, 1.807) is 14.2 Å². The van der Waals surface area contributed by atoms with E-state index < -0.39 is 5.60 Å². The molecule has 1 spiro atoms. The lowest BCUT2D eigenvalue weighted by molar-refractivity contribution is -0.154. The van der Waals surface area contributed by atoms with Crippen molar-refractivity contribution in [3.63, 3.8) is 0 Å². The van der Waals surface area contributed by atoms with Gasteiger partial charge in [-0.2, -0.15) is 0 Å². The molecule has 5 nitrogen and oxygen atoms in total. The first kappa shape index (κ1) is 17.9. The quantitative estimate of drug-likeness (QED) is 0.459. The average Bonchev–Trinajstić information content (AvgIpc) is 3.36. The molecule has 1 aromatic carbocycles. The van der Waals surface area contributed by atoms with Crippen LogP contribution in [0.3, 0.4) is 0 Å². The van der Waals surface area contributed by atoms with E-state index in [0.29, 0.717) is 6.42 Å². The minimum absolute atomic E-state index is 0.0461. The summed E-state index contributed by atoms with van der Waals surface area (Å²) < 4.78 is 17.2. The molecule has 4 aliphatic rings. The van der Waals surface area contributed by atoms with Crippen molar-refractivity contribution in [2.75, 3.05) is 14.2 Å². The Morgan fingerprint density at radius 1 is 1.18 bits per heavy atom. The zero-order valence-corrected chi connectivity index (χ0v) is 16.3. The molecule has 5 rings (SSSR count). The number of esters is 1. The molecule has 2 bridgehead atoms. The second-order valence-corrected chi connectivity index (χ2v) is 8.14. The normalized spacial score (nSPS) is 35.8. The number of carbonyl (C=O) groups is 1. The van der Waals surface area contributed by atoms with Gasteiger partial charge in [-0.25, -0.2) is 0 Å². The number of hydrogen-bond donors (Lipinski definition) is 0. The third kappa shape index (κ3) is 2.56. The van der Waals surface area contributed by atoms with Crippen LogP contribution in [0.2, 0.25) is 0 Å². The molecule has 3 fully saturated rings. The number of rotatable bonds is 3. The number of carbonyl (C=O) groups excluding carboxylic acids is 1. The van der Waals surface area contributed by atoms with E-state index in [-0.39, 0.29) is 36.3 Å². The molecule has 0 saturated carbocycles. The summed E-state index contributed by atoms with van der Waals surface area (Å²) in [6, 6.07) is 10.6. The van der Waals surface area contributed by atoms with Crippen LogP contribution in [0.15, 0.2) is 42.0 Å². The Morgan fingerprint density at radius 2 is 1.96 bits per heavy atom. The number of benzene rings is 1. The summed E-state index contributed by atoms with van der Waals surface area (Å²) in [4.78, 5) is 14.8. The highest BCUT2D eigenvalue weighted by Crippen LogP contribution is 2.57. The number of ether oxygens (including phenoxy) is 3. The van der Waals surface area contributed by atoms with E-state index in [1.807, 2.05) is 30.3 Å². The maximum atomic E-state index is 12.4. The molecule has 146 valence electrons. The fourth-order valence-corrected chi connectivity index (χ4v) is 5.87. The topological polar surface area (TPSA) is 48.0 Å². The second kappa shape index (κ2) is 6.73. The summed E-state index contributed by atoms with van der Waals surface area (Å²) >= 11 is 0. The maximum Gasteiger partial charge on any atom is 0.307 e. The summed E-state index contributed by atoms with van der Waals surface area (Å²) in [7, 11) is 3.37. The van der Waals surface area contributed by atoms with Gasteiger partial charge in [-0.3, -0.25) is 9.69 Å². The van der Waals surface area contributed by atoms with Crippen LogP contribution in [0.4, 0.5) is 0 Å². The minimum atomic E-state index is -0.446. The Hall–Kier alpha value is -2.13. The first-order valence-electron chi connectivity index (χ1n) is 10.00. The molecule has 3 aliphatic heterocycles. The van der Waals surface area contributed by atoms with Gasteiger partial charge in [0.1, 0.15) is 5.60 Å². The molecule has 0 radical (unpaired) electrons. The van der Waals surface area contributed by atoms with Gasteiger partial charge < -0.3 is 14.2 Å². The van der Waals surface area contributed by atoms with Gasteiger partial charge >= 0.3 is 5.97 Å². The van der Waals surface area contributed by atoms with Crippen LogP contribution in [-0.2, 0) is 19.0 Å². The minimum Gasteiger partial charge on any atom is -0.457 e. The van der Waals surface area contributed by atoms with Gasteiger partial charge in [0, 0.05) is 43.7 Å². The molecule has 5 unspecified atom stereocenters. The smallest absolute Gasteiger partial charge is 0.307 e. The van der Waals surface area contributed by atoms with Gasteiger partial charge in [-0.1, -0.05) is 36.1 Å². The fourth-order valence-electron chi connectivity index (χ4n) is 5.87. The van der Waals surface area contributed by atoms with Gasteiger partial charge in [0.05, 0.1) is 18.5 Å². The van der Waals surface area contributed by atoms with Gasteiger partial charge in [0.25, 0.3) is 0 Å². The molecular weight excluding hydrogens is 354 g/mol. The van der Waals surface area contributed by atoms with Crippen molar-refractivity contribution >= 4 is 5.97 Å². The fraction of sp³-hybridized carbons (Fsp3) is 0.522. The lowest BCUT2D eigenvalue weighted by atomic mass is 9.72. The van der Waals surface area contributed by atoms with Crippen LogP contribution in [-0.4, -0.2) is 55.1 Å². The SMILES string of the molecule is COC(OC)C1CCC2N1C1C=C(C#Cc3ccccc3)C3CC(=O)OC32C1. The van der Waals surface area contributed by atoms with Gasteiger partial charge in [-0.15, -0.1) is 0 Å². The van der Waals surface area contributed by atoms with Crippen LogP contribution in [0.1, 0.15) is 31.2 Å². The first-order valence-corrected chi connectivity index (χ1v) is 10.00. The Bertz CT molecular complexity index is 866. The summed E-state index contributed by atoms with van der Waals surface area (Å²) in [5, 5.41) is 0. The van der Waals surface area contributed by atoms with Crippen molar-refractivity contribution in [1.29, 1.82) is 0 Å². The molecule has 1 aliphatic carbocycles. The molecule has 28 heavy (non-hydrogen) atoms. The van der Waals surface area contributed by atoms with Crippen LogP contribution in [0.25, 0.3) is 0 Å². The van der Waals surface area contributed by atoms with Gasteiger partial charge in [0.15, 0.2) is 6.29 Å². The van der Waals surface area contributed by atoms with Crippen LogP contribution < -0.4 is 0 Å². The number of nitrogens with zero attached hydrogens (tertiary/aromatic N) is 1. The molecule has 3 saturated heterocycles. The van der Waals surface area contributed by atoms with Crippen molar-refractivity contribution in [3.05, 3.63) is 47.5 Å². The molecule has 5 atom stereocenters. The molecule has 0 amide bonds. The largest absolute Gasteiger partial charge is 0.457 e. The maximum absolute atomic E-state index is 12.4. The Labute approximate surface area is 165 Å². The third-order valence-electron chi connectivity index (χ3n) is 6.87. The van der Waals surface area contributed by atoms with Crippen LogP contribution in [0.5, 0.6) is 0 Å². The van der Waals surface area contributed by atoms with E-state index in [2.05, 4.69) is 22.8 Å². The number of fused-ring (bicyclic) bond motifs is 3. The van der Waals surface area contributed by atoms with Crippen molar-refractivity contribution in [2.45, 2.75) is 55.7 Å². The second-order valence-electron chi connectivity index (χ2n) is 8.14. The third-order valence-corrected chi connectivity index (χ3v) is 6.87. The highest BCUT2D eigenvalue weighted by molar-refractivity contribution is 5.75. The molecule has 3 heterocycles. The van der Waals surface area contributed by atoms with E-state index in [1.165, 1.54) is 0 Å². The molecule has 0 aromatic heterocycles. The van der Waals surface area contributed by atoms with Crippen molar-refractivity contribution in [3.8, 4) is 11.8 Å². The highest BCUT2D eigenvalue weighted by Gasteiger charge is 2.67. The zero-order valence-electron chi connectivity index (χ0n) is 16.3. The number of methoxy groups -OCH3 is 2. The monoisotopic (exact) mass is 379 g/mol. The van der Waals surface area contributed by atoms with E-state index in [4.69, 9.17) is 14.2 Å². The Kier molecular flexibility index (Phi) is 4.31. The van der Waals surface area contributed by atoms with E-state index in [9.17, 15) is 4.79 Å². The first-order chi connectivity index (χ1) is 13.7.